The molecule has 0 saturated heterocycles. The summed E-state index contributed by atoms with van der Waals surface area (Å²) in [5, 5.41) is 9.18. The molecule has 7 nitrogen and oxygen atoms in total. The first-order valence-corrected chi connectivity index (χ1v) is 11.4. The van der Waals surface area contributed by atoms with Crippen LogP contribution in [-0.2, 0) is 11.3 Å². The molecule has 0 unspecified atom stereocenters. The van der Waals surface area contributed by atoms with Crippen LogP contribution in [0.2, 0.25) is 0 Å². The van der Waals surface area contributed by atoms with Gasteiger partial charge < -0.3 is 5.32 Å². The Balaban J connectivity index is 1.34. The minimum atomic E-state index is -0.340. The molecule has 0 aliphatic carbocycles. The largest absolute Gasteiger partial charge is 0.324 e. The van der Waals surface area contributed by atoms with Gasteiger partial charge >= 0.3 is 0 Å². The number of nitrogens with zero attached hydrogens (tertiary/aromatic N) is 4. The molecule has 0 spiro atoms. The second kappa shape index (κ2) is 8.52. The lowest BCUT2D eigenvalue weighted by atomic mass is 10.1. The van der Waals surface area contributed by atoms with E-state index in [-0.39, 0.29) is 18.0 Å². The standard InChI is InChI=1S/C23H16BrN5O2S/c24-17-6-4-15(5-7-17)19-8-9-22(31)29(27-19)14-21(30)25-18-3-1-2-16(12-18)20-13-28-10-11-32-23(28)26-20/h1-13H,14H2,(H,25,30). The van der Waals surface area contributed by atoms with E-state index in [9.17, 15) is 9.59 Å². The van der Waals surface area contributed by atoms with Crippen LogP contribution in [0.3, 0.4) is 0 Å². The Labute approximate surface area is 195 Å². The molecule has 2 aromatic carbocycles. The van der Waals surface area contributed by atoms with Crippen LogP contribution in [0.4, 0.5) is 5.69 Å². The number of halogens is 1. The Bertz CT molecular complexity index is 1460. The number of thiazole rings is 1. The van der Waals surface area contributed by atoms with Crippen LogP contribution in [0.1, 0.15) is 0 Å². The molecule has 0 saturated carbocycles. The van der Waals surface area contributed by atoms with Crippen molar-refractivity contribution in [1.29, 1.82) is 0 Å². The molecule has 5 rings (SSSR count). The monoisotopic (exact) mass is 505 g/mol. The van der Waals surface area contributed by atoms with Crippen molar-refractivity contribution in [2.45, 2.75) is 6.54 Å². The molecule has 5 aromatic rings. The number of aromatic nitrogens is 4. The molecule has 3 aromatic heterocycles. The SMILES string of the molecule is O=C(Cn1nc(-c2ccc(Br)cc2)ccc1=O)Nc1cccc(-c2cn3ccsc3n2)c1. The van der Waals surface area contributed by atoms with E-state index in [0.717, 1.165) is 26.3 Å². The zero-order chi connectivity index (χ0) is 22.1. The molecule has 0 bridgehead atoms. The van der Waals surface area contributed by atoms with Gasteiger partial charge in [0.25, 0.3) is 5.56 Å². The first-order valence-electron chi connectivity index (χ1n) is 9.72. The summed E-state index contributed by atoms with van der Waals surface area (Å²) in [6, 6.07) is 18.1. The first-order chi connectivity index (χ1) is 15.5. The van der Waals surface area contributed by atoms with Crippen LogP contribution < -0.4 is 10.9 Å². The van der Waals surface area contributed by atoms with Crippen molar-refractivity contribution in [2.75, 3.05) is 5.32 Å². The fraction of sp³-hybridized carbons (Fsp3) is 0.0435. The van der Waals surface area contributed by atoms with Gasteiger partial charge in [-0.2, -0.15) is 5.10 Å². The fourth-order valence-corrected chi connectivity index (χ4v) is 4.26. The van der Waals surface area contributed by atoms with E-state index < -0.39 is 0 Å². The first kappa shape index (κ1) is 20.3. The van der Waals surface area contributed by atoms with Crippen LogP contribution in [0.5, 0.6) is 0 Å². The third-order valence-electron chi connectivity index (χ3n) is 4.84. The lowest BCUT2D eigenvalue weighted by Gasteiger charge is -2.09. The van der Waals surface area contributed by atoms with E-state index >= 15 is 0 Å². The van der Waals surface area contributed by atoms with Crippen molar-refractivity contribution in [2.24, 2.45) is 0 Å². The predicted molar refractivity (Wildman–Crippen MR) is 129 cm³/mol. The lowest BCUT2D eigenvalue weighted by Crippen LogP contribution is -2.29. The summed E-state index contributed by atoms with van der Waals surface area (Å²) in [6.45, 7) is -0.187. The number of nitrogens with one attached hydrogen (secondary N) is 1. The Morgan fingerprint density at radius 3 is 2.69 bits per heavy atom. The molecule has 0 aliphatic heterocycles. The minimum Gasteiger partial charge on any atom is -0.324 e. The van der Waals surface area contributed by atoms with Gasteiger partial charge in [0, 0.05) is 45.1 Å². The number of fused-ring (bicyclic) bond motifs is 1. The topological polar surface area (TPSA) is 81.3 Å². The van der Waals surface area contributed by atoms with Crippen LogP contribution in [0, 0.1) is 0 Å². The highest BCUT2D eigenvalue weighted by molar-refractivity contribution is 9.10. The number of hydrogen-bond acceptors (Lipinski definition) is 5. The third-order valence-corrected chi connectivity index (χ3v) is 6.13. The summed E-state index contributed by atoms with van der Waals surface area (Å²) in [7, 11) is 0. The van der Waals surface area contributed by atoms with Crippen molar-refractivity contribution >= 4 is 43.8 Å². The van der Waals surface area contributed by atoms with Gasteiger partial charge in [-0.1, -0.05) is 40.2 Å². The summed E-state index contributed by atoms with van der Waals surface area (Å²) in [5.41, 5.74) is 3.48. The predicted octanol–water partition coefficient (Wildman–Crippen LogP) is 4.69. The molecule has 32 heavy (non-hydrogen) atoms. The Morgan fingerprint density at radius 1 is 1.03 bits per heavy atom. The zero-order valence-electron chi connectivity index (χ0n) is 16.6. The van der Waals surface area contributed by atoms with Gasteiger partial charge in [0.2, 0.25) is 5.91 Å². The van der Waals surface area contributed by atoms with Gasteiger partial charge in [-0.3, -0.25) is 14.0 Å². The van der Waals surface area contributed by atoms with Gasteiger partial charge in [-0.25, -0.2) is 9.67 Å². The maximum Gasteiger partial charge on any atom is 0.267 e. The molecule has 158 valence electrons. The Morgan fingerprint density at radius 2 is 1.88 bits per heavy atom. The highest BCUT2D eigenvalue weighted by Crippen LogP contribution is 2.24. The third kappa shape index (κ3) is 4.25. The van der Waals surface area contributed by atoms with Crippen molar-refractivity contribution in [1.82, 2.24) is 19.2 Å². The summed E-state index contributed by atoms with van der Waals surface area (Å²) >= 11 is 4.96. The Hall–Kier alpha value is -3.56. The molecule has 0 atom stereocenters. The maximum absolute atomic E-state index is 12.6. The van der Waals surface area contributed by atoms with Gasteiger partial charge in [-0.05, 0) is 30.3 Å². The highest BCUT2D eigenvalue weighted by Gasteiger charge is 2.10. The number of carbonyl (C=O) groups excluding carboxylic acids is 1. The number of hydrogen-bond donors (Lipinski definition) is 1. The van der Waals surface area contributed by atoms with E-state index in [1.807, 2.05) is 64.6 Å². The maximum atomic E-state index is 12.6. The fourth-order valence-electron chi connectivity index (χ4n) is 3.30. The molecular formula is C23H16BrN5O2S. The summed E-state index contributed by atoms with van der Waals surface area (Å²) < 4.78 is 4.08. The van der Waals surface area contributed by atoms with Gasteiger partial charge in [-0.15, -0.1) is 11.3 Å². The second-order valence-electron chi connectivity index (χ2n) is 7.07. The van der Waals surface area contributed by atoms with Crippen LogP contribution >= 0.6 is 27.3 Å². The number of anilines is 1. The zero-order valence-corrected chi connectivity index (χ0v) is 19.0. The number of imidazole rings is 1. The van der Waals surface area contributed by atoms with Crippen LogP contribution in [0.15, 0.2) is 87.7 Å². The Kier molecular flexibility index (Phi) is 5.42. The molecule has 0 aliphatic rings. The lowest BCUT2D eigenvalue weighted by molar-refractivity contribution is -0.117. The van der Waals surface area contributed by atoms with Gasteiger partial charge in [0.15, 0.2) is 4.96 Å². The smallest absolute Gasteiger partial charge is 0.267 e. The number of amides is 1. The second-order valence-corrected chi connectivity index (χ2v) is 8.86. The molecule has 0 fully saturated rings. The van der Waals surface area contributed by atoms with Crippen molar-refractivity contribution in [3.63, 3.8) is 0 Å². The quantitative estimate of drug-likeness (QED) is 0.375. The van der Waals surface area contributed by atoms with E-state index in [1.165, 1.54) is 10.7 Å². The average Bonchev–Trinajstić information content (AvgIpc) is 3.39. The number of benzene rings is 2. The van der Waals surface area contributed by atoms with Gasteiger partial charge in [0.05, 0.1) is 11.4 Å². The van der Waals surface area contributed by atoms with Crippen molar-refractivity contribution in [3.8, 4) is 22.5 Å². The number of rotatable bonds is 5. The van der Waals surface area contributed by atoms with Crippen LogP contribution in [-0.4, -0.2) is 25.1 Å². The van der Waals surface area contributed by atoms with E-state index in [1.54, 1.807) is 23.5 Å². The molecule has 1 amide bonds. The van der Waals surface area contributed by atoms with E-state index in [4.69, 9.17) is 0 Å². The van der Waals surface area contributed by atoms with Crippen molar-refractivity contribution < 1.29 is 4.79 Å². The molecule has 1 N–H and O–H groups in total. The van der Waals surface area contributed by atoms with Gasteiger partial charge in [0.1, 0.15) is 6.54 Å². The highest BCUT2D eigenvalue weighted by atomic mass is 79.9. The normalized spacial score (nSPS) is 11.0. The molecule has 9 heteroatoms. The summed E-state index contributed by atoms with van der Waals surface area (Å²) in [5.74, 6) is -0.337. The van der Waals surface area contributed by atoms with E-state index in [2.05, 4.69) is 31.3 Å². The van der Waals surface area contributed by atoms with Crippen molar-refractivity contribution in [3.05, 3.63) is 93.3 Å². The summed E-state index contributed by atoms with van der Waals surface area (Å²) in [6.07, 6.45) is 3.90. The number of carbonyl (C=O) groups is 1. The molecule has 0 radical (unpaired) electrons. The molecule has 3 heterocycles. The minimum absolute atomic E-state index is 0.187. The summed E-state index contributed by atoms with van der Waals surface area (Å²) in [4.78, 5) is 30.4. The molecular weight excluding hydrogens is 490 g/mol. The van der Waals surface area contributed by atoms with E-state index in [0.29, 0.717) is 11.4 Å². The average molecular weight is 506 g/mol. The van der Waals surface area contributed by atoms with Crippen LogP contribution in [0.25, 0.3) is 27.5 Å².